The van der Waals surface area contributed by atoms with E-state index in [1.54, 1.807) is 7.05 Å². The summed E-state index contributed by atoms with van der Waals surface area (Å²) in [6, 6.07) is 10.9. The van der Waals surface area contributed by atoms with Crippen LogP contribution in [-0.2, 0) is 10.0 Å². The number of nitrogens with zero attached hydrogens (tertiary/aromatic N) is 3. The molecule has 3 rings (SSSR count). The van der Waals surface area contributed by atoms with E-state index >= 15 is 0 Å². The van der Waals surface area contributed by atoms with Crippen LogP contribution in [0, 0.1) is 10.1 Å². The number of non-ortho nitro benzene ring substituents is 1. The molecular formula is C18H18N4O5S. The number of sulfonamides is 1. The predicted octanol–water partition coefficient (Wildman–Crippen LogP) is 2.66. The Morgan fingerprint density at radius 2 is 1.79 bits per heavy atom. The second-order valence-electron chi connectivity index (χ2n) is 6.29. The van der Waals surface area contributed by atoms with Gasteiger partial charge in [0.25, 0.3) is 21.6 Å². The van der Waals surface area contributed by atoms with Gasteiger partial charge in [0.15, 0.2) is 0 Å². The number of hydrogen-bond donors (Lipinski definition) is 1. The highest BCUT2D eigenvalue weighted by Gasteiger charge is 2.20. The maximum absolute atomic E-state index is 12.4. The first-order valence-corrected chi connectivity index (χ1v) is 9.91. The number of benzene rings is 2. The smallest absolute Gasteiger partial charge is 0.283 e. The molecule has 0 aliphatic carbocycles. The molecule has 0 spiro atoms. The van der Waals surface area contributed by atoms with E-state index in [0.717, 1.165) is 13.0 Å². The molecule has 0 unspecified atom stereocenters. The highest BCUT2D eigenvalue weighted by atomic mass is 32.2. The maximum atomic E-state index is 12.4. The molecule has 1 amide bonds. The van der Waals surface area contributed by atoms with Crippen LogP contribution in [-0.4, -0.2) is 43.6 Å². The van der Waals surface area contributed by atoms with Crippen molar-refractivity contribution in [3.05, 3.63) is 64.2 Å². The lowest BCUT2D eigenvalue weighted by Crippen LogP contribution is -2.20. The molecule has 1 saturated heterocycles. The van der Waals surface area contributed by atoms with Crippen LogP contribution in [0.25, 0.3) is 0 Å². The predicted molar refractivity (Wildman–Crippen MR) is 104 cm³/mol. The molecule has 2 aromatic carbocycles. The normalized spacial score (nSPS) is 15.6. The first-order valence-electron chi connectivity index (χ1n) is 8.47. The van der Waals surface area contributed by atoms with Gasteiger partial charge in [0.2, 0.25) is 0 Å². The lowest BCUT2D eigenvalue weighted by molar-refractivity contribution is -0.384. The molecule has 1 N–H and O–H groups in total. The molecule has 0 aromatic heterocycles. The number of rotatable bonds is 5. The minimum atomic E-state index is -3.82. The third kappa shape index (κ3) is 4.34. The third-order valence-electron chi connectivity index (χ3n) is 4.31. The van der Waals surface area contributed by atoms with Crippen LogP contribution in [0.5, 0.6) is 0 Å². The number of nitrogens with one attached hydrogen (secondary N) is 1. The standard InChI is InChI=1S/C18H18N4O5S/c1-21-12-2-3-17(21)20-28(26,27)16-10-6-14(7-11-16)19-18(23)13-4-8-15(9-5-13)22(24)25/h4-11H,2-3,12H2,1H3,(H,19,23)/b20-17-. The molecule has 9 nitrogen and oxygen atoms in total. The van der Waals surface area contributed by atoms with E-state index in [-0.39, 0.29) is 16.1 Å². The van der Waals surface area contributed by atoms with Crippen LogP contribution >= 0.6 is 0 Å². The number of anilines is 1. The summed E-state index contributed by atoms with van der Waals surface area (Å²) in [5, 5.41) is 13.3. The van der Waals surface area contributed by atoms with Crippen molar-refractivity contribution in [1.82, 2.24) is 4.90 Å². The SMILES string of the molecule is CN1CCC/C1=N/S(=O)(=O)c1ccc(NC(=O)c2ccc([N+](=O)[O-])cc2)cc1. The molecule has 2 aromatic rings. The van der Waals surface area contributed by atoms with Crippen molar-refractivity contribution >= 4 is 33.1 Å². The van der Waals surface area contributed by atoms with Gasteiger partial charge in [-0.1, -0.05) is 0 Å². The molecule has 0 radical (unpaired) electrons. The number of amidine groups is 1. The van der Waals surface area contributed by atoms with Gasteiger partial charge in [0.1, 0.15) is 5.84 Å². The number of nitro benzene ring substituents is 1. The van der Waals surface area contributed by atoms with Crippen molar-refractivity contribution in [2.45, 2.75) is 17.7 Å². The number of carbonyl (C=O) groups is 1. The van der Waals surface area contributed by atoms with Crippen molar-refractivity contribution in [3.8, 4) is 0 Å². The van der Waals surface area contributed by atoms with Crippen LogP contribution in [0.15, 0.2) is 57.8 Å². The Morgan fingerprint density at radius 3 is 2.32 bits per heavy atom. The van der Waals surface area contributed by atoms with Gasteiger partial charge < -0.3 is 10.2 Å². The number of likely N-dealkylation sites (tertiary alicyclic amines) is 1. The third-order valence-corrected chi connectivity index (χ3v) is 5.63. The van der Waals surface area contributed by atoms with Crippen LogP contribution in [0.1, 0.15) is 23.2 Å². The molecule has 28 heavy (non-hydrogen) atoms. The molecule has 146 valence electrons. The Balaban J connectivity index is 1.72. The van der Waals surface area contributed by atoms with Crippen molar-refractivity contribution in [2.24, 2.45) is 4.40 Å². The molecule has 0 bridgehead atoms. The van der Waals surface area contributed by atoms with E-state index < -0.39 is 20.9 Å². The molecule has 10 heteroatoms. The second kappa shape index (κ2) is 7.77. The van der Waals surface area contributed by atoms with E-state index in [1.165, 1.54) is 48.5 Å². The fraction of sp³-hybridized carbons (Fsp3) is 0.222. The van der Waals surface area contributed by atoms with E-state index in [1.807, 2.05) is 4.90 Å². The summed E-state index contributed by atoms with van der Waals surface area (Å²) in [6.07, 6.45) is 1.50. The van der Waals surface area contributed by atoms with Crippen LogP contribution in [0.2, 0.25) is 0 Å². The summed E-state index contributed by atoms with van der Waals surface area (Å²) in [4.78, 5) is 24.2. The van der Waals surface area contributed by atoms with Crippen molar-refractivity contribution in [3.63, 3.8) is 0 Å². The Bertz CT molecular complexity index is 1030. The van der Waals surface area contributed by atoms with E-state index in [0.29, 0.717) is 17.9 Å². The number of amides is 1. The van der Waals surface area contributed by atoms with Gasteiger partial charge in [-0.05, 0) is 42.8 Å². The monoisotopic (exact) mass is 402 g/mol. The van der Waals surface area contributed by atoms with E-state index in [4.69, 9.17) is 0 Å². The van der Waals surface area contributed by atoms with Gasteiger partial charge in [0.05, 0.1) is 9.82 Å². The second-order valence-corrected chi connectivity index (χ2v) is 7.89. The van der Waals surface area contributed by atoms with Gasteiger partial charge in [-0.3, -0.25) is 14.9 Å². The Morgan fingerprint density at radius 1 is 1.14 bits per heavy atom. The van der Waals surface area contributed by atoms with Crippen LogP contribution in [0.3, 0.4) is 0 Å². The largest absolute Gasteiger partial charge is 0.362 e. The van der Waals surface area contributed by atoms with Gasteiger partial charge in [-0.15, -0.1) is 4.40 Å². The van der Waals surface area contributed by atoms with Crippen LogP contribution in [0.4, 0.5) is 11.4 Å². The quantitative estimate of drug-likeness (QED) is 0.606. The molecule has 0 saturated carbocycles. The lowest BCUT2D eigenvalue weighted by Gasteiger charge is -2.11. The lowest BCUT2D eigenvalue weighted by atomic mass is 10.2. The van der Waals surface area contributed by atoms with E-state index in [9.17, 15) is 23.3 Å². The van der Waals surface area contributed by atoms with Crippen LogP contribution < -0.4 is 5.32 Å². The molecular weight excluding hydrogens is 384 g/mol. The maximum Gasteiger partial charge on any atom is 0.283 e. The van der Waals surface area contributed by atoms with Gasteiger partial charge >= 0.3 is 0 Å². The number of nitro groups is 1. The summed E-state index contributed by atoms with van der Waals surface area (Å²) in [5.74, 6) is 0.0777. The van der Waals surface area contributed by atoms with Gasteiger partial charge in [0, 0.05) is 43.4 Å². The summed E-state index contributed by atoms with van der Waals surface area (Å²) >= 11 is 0. The Labute approximate surface area is 161 Å². The van der Waals surface area contributed by atoms with E-state index in [2.05, 4.69) is 9.71 Å². The Hall–Kier alpha value is -3.27. The summed E-state index contributed by atoms with van der Waals surface area (Å²) < 4.78 is 28.7. The number of hydrogen-bond acceptors (Lipinski definition) is 5. The molecule has 1 fully saturated rings. The fourth-order valence-corrected chi connectivity index (χ4v) is 3.84. The summed E-state index contributed by atoms with van der Waals surface area (Å²) in [5.41, 5.74) is 0.534. The zero-order valence-electron chi connectivity index (χ0n) is 15.0. The Kier molecular flexibility index (Phi) is 5.41. The fourth-order valence-electron chi connectivity index (χ4n) is 2.75. The number of carbonyl (C=O) groups excluding carboxylic acids is 1. The zero-order chi connectivity index (χ0) is 20.3. The highest BCUT2D eigenvalue weighted by Crippen LogP contribution is 2.20. The molecule has 1 aliphatic rings. The topological polar surface area (TPSA) is 122 Å². The molecule has 1 heterocycles. The first kappa shape index (κ1) is 19.5. The average Bonchev–Trinajstić information content (AvgIpc) is 3.06. The minimum absolute atomic E-state index is 0.0358. The minimum Gasteiger partial charge on any atom is -0.362 e. The highest BCUT2D eigenvalue weighted by molar-refractivity contribution is 7.90. The molecule has 1 aliphatic heterocycles. The summed E-state index contributed by atoms with van der Waals surface area (Å²) in [7, 11) is -2.01. The molecule has 0 atom stereocenters. The average molecular weight is 402 g/mol. The van der Waals surface area contributed by atoms with Crippen molar-refractivity contribution in [1.29, 1.82) is 0 Å². The van der Waals surface area contributed by atoms with Crippen molar-refractivity contribution in [2.75, 3.05) is 18.9 Å². The first-order chi connectivity index (χ1) is 13.3. The van der Waals surface area contributed by atoms with Gasteiger partial charge in [-0.2, -0.15) is 8.42 Å². The zero-order valence-corrected chi connectivity index (χ0v) is 15.8. The van der Waals surface area contributed by atoms with Crippen molar-refractivity contribution < 1.29 is 18.1 Å². The summed E-state index contributed by atoms with van der Waals surface area (Å²) in [6.45, 7) is 0.780. The van der Waals surface area contributed by atoms with Gasteiger partial charge in [-0.25, -0.2) is 0 Å².